The van der Waals surface area contributed by atoms with Gasteiger partial charge in [-0.25, -0.2) is 0 Å². The van der Waals surface area contributed by atoms with Crippen molar-refractivity contribution in [3.05, 3.63) is 64.4 Å². The summed E-state index contributed by atoms with van der Waals surface area (Å²) >= 11 is 11.2. The van der Waals surface area contributed by atoms with Crippen molar-refractivity contribution in [3.63, 3.8) is 0 Å². The third-order valence-electron chi connectivity index (χ3n) is 1.77. The normalized spacial score (nSPS) is 9.06. The average molecular weight is 269 g/mol. The molecule has 88 valence electrons. The number of halogens is 2. The maximum absolute atomic E-state index is 10.4. The summed E-state index contributed by atoms with van der Waals surface area (Å²) in [5.74, 6) is -0.442. The molecule has 0 radical (unpaired) electrons. The molecule has 3 nitrogen and oxygen atoms in total. The van der Waals surface area contributed by atoms with Gasteiger partial charge in [0, 0.05) is 12.4 Å². The number of carbonyl (C=O) groups excluding carboxylic acids is 1. The Kier molecular flexibility index (Phi) is 5.46. The molecule has 0 atom stereocenters. The van der Waals surface area contributed by atoms with Crippen molar-refractivity contribution in [2.45, 2.75) is 0 Å². The zero-order valence-electron chi connectivity index (χ0n) is 8.81. The number of hydrogen-bond acceptors (Lipinski definition) is 2. The van der Waals surface area contributed by atoms with E-state index in [1.165, 1.54) is 6.20 Å². The molecule has 0 bridgehead atoms. The van der Waals surface area contributed by atoms with Gasteiger partial charge in [-0.2, -0.15) is 0 Å². The van der Waals surface area contributed by atoms with Crippen LogP contribution in [0.25, 0.3) is 0 Å². The van der Waals surface area contributed by atoms with E-state index in [4.69, 9.17) is 28.9 Å². The summed E-state index contributed by atoms with van der Waals surface area (Å²) in [5.41, 5.74) is 5.38. The minimum absolute atomic E-state index is 0.442. The molecule has 2 rings (SSSR count). The number of rotatable bonds is 1. The number of amides is 1. The van der Waals surface area contributed by atoms with Crippen molar-refractivity contribution in [2.24, 2.45) is 5.73 Å². The molecule has 1 aromatic heterocycles. The van der Waals surface area contributed by atoms with Gasteiger partial charge in [0.2, 0.25) is 5.91 Å². The first kappa shape index (κ1) is 13.5. The number of primary amides is 1. The highest BCUT2D eigenvalue weighted by atomic mass is 35.5. The second-order valence-corrected chi connectivity index (χ2v) is 3.83. The lowest BCUT2D eigenvalue weighted by Gasteiger charge is -1.88. The van der Waals surface area contributed by atoms with Gasteiger partial charge in [0.1, 0.15) is 0 Å². The van der Waals surface area contributed by atoms with Gasteiger partial charge < -0.3 is 5.73 Å². The first-order valence-electron chi connectivity index (χ1n) is 4.71. The van der Waals surface area contributed by atoms with Crippen LogP contribution >= 0.6 is 23.2 Å². The third kappa shape index (κ3) is 4.85. The molecule has 2 aromatic rings. The zero-order valence-corrected chi connectivity index (χ0v) is 10.3. The maximum Gasteiger partial charge on any atom is 0.250 e. The van der Waals surface area contributed by atoms with Crippen LogP contribution in [-0.4, -0.2) is 10.9 Å². The van der Waals surface area contributed by atoms with Crippen LogP contribution in [0.3, 0.4) is 0 Å². The molecule has 0 aliphatic rings. The first-order chi connectivity index (χ1) is 8.11. The predicted octanol–water partition coefficient (Wildman–Crippen LogP) is 3.17. The topological polar surface area (TPSA) is 56.0 Å². The van der Waals surface area contributed by atoms with Gasteiger partial charge in [-0.05, 0) is 24.3 Å². The highest BCUT2D eigenvalue weighted by Gasteiger charge is 1.94. The number of aromatic nitrogens is 1. The summed E-state index contributed by atoms with van der Waals surface area (Å²) in [6.07, 6.45) is 3.02. The summed E-state index contributed by atoms with van der Waals surface area (Å²) in [5, 5.41) is 1.21. The number of nitrogens with zero attached hydrogens (tertiary/aromatic N) is 1. The van der Waals surface area contributed by atoms with Gasteiger partial charge in [-0.15, -0.1) is 0 Å². The van der Waals surface area contributed by atoms with Crippen LogP contribution in [-0.2, 0) is 0 Å². The number of hydrogen-bond donors (Lipinski definition) is 1. The van der Waals surface area contributed by atoms with Gasteiger partial charge in [-0.3, -0.25) is 9.78 Å². The summed E-state index contributed by atoms with van der Waals surface area (Å²) in [4.78, 5) is 14.1. The van der Waals surface area contributed by atoms with Crippen LogP contribution < -0.4 is 5.73 Å². The fraction of sp³-hybridized carbons (Fsp3) is 0. The van der Waals surface area contributed by atoms with E-state index in [1.807, 2.05) is 12.1 Å². The molecular formula is C12H10Cl2N2O. The fourth-order valence-electron chi connectivity index (χ4n) is 0.948. The molecule has 17 heavy (non-hydrogen) atoms. The Morgan fingerprint density at radius 2 is 1.65 bits per heavy atom. The zero-order chi connectivity index (χ0) is 12.7. The van der Waals surface area contributed by atoms with E-state index in [1.54, 1.807) is 30.5 Å². The molecule has 1 amide bonds. The van der Waals surface area contributed by atoms with Gasteiger partial charge in [0.15, 0.2) is 0 Å². The standard InChI is InChI=1S/C6H4Cl2.C6H6N2O/c7-5-3-1-2-4-6(5)8;7-6(9)5-2-1-3-8-4-5/h1-4H;1-4H,(H2,7,9). The van der Waals surface area contributed by atoms with Gasteiger partial charge >= 0.3 is 0 Å². The highest BCUT2D eigenvalue weighted by Crippen LogP contribution is 2.19. The quantitative estimate of drug-likeness (QED) is 0.864. The van der Waals surface area contributed by atoms with Gasteiger partial charge in [-0.1, -0.05) is 35.3 Å². The molecular weight excluding hydrogens is 259 g/mol. The second kappa shape index (κ2) is 6.89. The van der Waals surface area contributed by atoms with Crippen molar-refractivity contribution in [3.8, 4) is 0 Å². The number of pyridine rings is 1. The summed E-state index contributed by atoms with van der Waals surface area (Å²) < 4.78 is 0. The summed E-state index contributed by atoms with van der Waals surface area (Å²) in [6.45, 7) is 0. The third-order valence-corrected chi connectivity index (χ3v) is 2.53. The van der Waals surface area contributed by atoms with Crippen molar-refractivity contribution < 1.29 is 4.79 Å². The fourth-order valence-corrected chi connectivity index (χ4v) is 1.22. The lowest BCUT2D eigenvalue weighted by molar-refractivity contribution is 0.1000. The maximum atomic E-state index is 10.4. The Bertz CT molecular complexity index is 468. The average Bonchev–Trinajstić information content (AvgIpc) is 2.35. The lowest BCUT2D eigenvalue weighted by atomic mass is 10.3. The molecule has 0 aliphatic heterocycles. The van der Waals surface area contributed by atoms with E-state index in [0.29, 0.717) is 15.6 Å². The van der Waals surface area contributed by atoms with Crippen LogP contribution in [0.1, 0.15) is 10.4 Å². The molecule has 0 spiro atoms. The van der Waals surface area contributed by atoms with Crippen molar-refractivity contribution in [1.82, 2.24) is 4.98 Å². The molecule has 1 aromatic carbocycles. The van der Waals surface area contributed by atoms with E-state index in [9.17, 15) is 4.79 Å². The Morgan fingerprint density at radius 3 is 1.94 bits per heavy atom. The Morgan fingerprint density at radius 1 is 1.06 bits per heavy atom. The van der Waals surface area contributed by atoms with Crippen LogP contribution in [0.5, 0.6) is 0 Å². The van der Waals surface area contributed by atoms with E-state index < -0.39 is 5.91 Å². The molecule has 0 aliphatic carbocycles. The van der Waals surface area contributed by atoms with Crippen LogP contribution in [0.2, 0.25) is 10.0 Å². The van der Waals surface area contributed by atoms with Crippen LogP contribution in [0.4, 0.5) is 0 Å². The Labute approximate surface area is 109 Å². The van der Waals surface area contributed by atoms with E-state index in [-0.39, 0.29) is 0 Å². The molecule has 2 N–H and O–H groups in total. The summed E-state index contributed by atoms with van der Waals surface area (Å²) in [6, 6.07) is 10.5. The number of benzene rings is 1. The van der Waals surface area contributed by atoms with Crippen molar-refractivity contribution >= 4 is 29.1 Å². The molecule has 0 fully saturated rings. The van der Waals surface area contributed by atoms with E-state index in [0.717, 1.165) is 0 Å². The molecule has 0 saturated carbocycles. The Balaban J connectivity index is 0.000000171. The highest BCUT2D eigenvalue weighted by molar-refractivity contribution is 6.41. The molecule has 0 saturated heterocycles. The predicted molar refractivity (Wildman–Crippen MR) is 69.2 cm³/mol. The van der Waals surface area contributed by atoms with Crippen molar-refractivity contribution in [2.75, 3.05) is 0 Å². The minimum Gasteiger partial charge on any atom is -0.366 e. The van der Waals surface area contributed by atoms with Crippen molar-refractivity contribution in [1.29, 1.82) is 0 Å². The molecule has 1 heterocycles. The SMILES string of the molecule is Clc1ccccc1Cl.NC(=O)c1cccnc1. The molecule has 5 heteroatoms. The number of nitrogens with two attached hydrogens (primary N) is 1. The molecule has 0 unspecified atom stereocenters. The monoisotopic (exact) mass is 268 g/mol. The van der Waals surface area contributed by atoms with E-state index in [2.05, 4.69) is 4.98 Å². The van der Waals surface area contributed by atoms with Crippen LogP contribution in [0, 0.1) is 0 Å². The number of carbonyl (C=O) groups is 1. The minimum atomic E-state index is -0.442. The van der Waals surface area contributed by atoms with Gasteiger partial charge in [0.05, 0.1) is 15.6 Å². The van der Waals surface area contributed by atoms with Crippen LogP contribution in [0.15, 0.2) is 48.8 Å². The largest absolute Gasteiger partial charge is 0.366 e. The smallest absolute Gasteiger partial charge is 0.250 e. The first-order valence-corrected chi connectivity index (χ1v) is 5.46. The Hall–Kier alpha value is -1.58. The van der Waals surface area contributed by atoms with E-state index >= 15 is 0 Å². The van der Waals surface area contributed by atoms with Gasteiger partial charge in [0.25, 0.3) is 0 Å². The second-order valence-electron chi connectivity index (χ2n) is 3.02. The lowest BCUT2D eigenvalue weighted by Crippen LogP contribution is -2.10. The summed E-state index contributed by atoms with van der Waals surface area (Å²) in [7, 11) is 0.